The van der Waals surface area contributed by atoms with Gasteiger partial charge in [0.25, 0.3) is 13.1 Å². The molecule has 0 fully saturated rings. The van der Waals surface area contributed by atoms with Gasteiger partial charge in [0.15, 0.2) is 69.8 Å². The van der Waals surface area contributed by atoms with Crippen LogP contribution in [-0.4, -0.2) is 13.1 Å². The predicted octanol–water partition coefficient (Wildman–Crippen LogP) is 5.29. The van der Waals surface area contributed by atoms with Gasteiger partial charge in [-0.15, -0.1) is 0 Å². The SMILES string of the molecule is Fc1c[c]([Al-]([c]2cc(F)c(F)c(F)c2F)([c]2cc(F)c(F)c(F)c2F)[c]2cc(F)c(F)c(F)c2F)c(F)c(F)c1F. The van der Waals surface area contributed by atoms with Gasteiger partial charge < -0.3 is 0 Å². The van der Waals surface area contributed by atoms with Gasteiger partial charge >= 0.3 is 0 Å². The van der Waals surface area contributed by atoms with Gasteiger partial charge in [-0.3, -0.25) is 0 Å². The maximum absolute atomic E-state index is 15.3. The molecule has 4 rings (SSSR count). The third kappa shape index (κ3) is 4.24. The van der Waals surface area contributed by atoms with Crippen LogP contribution in [0.15, 0.2) is 24.3 Å². The Morgan fingerprint density at radius 1 is 0.244 bits per heavy atom. The molecule has 0 aliphatic rings. The third-order valence-corrected chi connectivity index (χ3v) is 11.8. The van der Waals surface area contributed by atoms with Crippen molar-refractivity contribution >= 4 is 30.8 Å². The highest BCUT2D eigenvalue weighted by atomic mass is 27.2. The van der Waals surface area contributed by atoms with Crippen molar-refractivity contribution in [3.05, 3.63) is 117 Å². The predicted molar refractivity (Wildman–Crippen MR) is 109 cm³/mol. The fraction of sp³-hybridized carbons (Fsp3) is 0. The molecule has 4 aromatic rings. The fourth-order valence-corrected chi connectivity index (χ4v) is 10.3. The van der Waals surface area contributed by atoms with Crippen LogP contribution in [0.2, 0.25) is 0 Å². The molecule has 0 amide bonds. The molecule has 0 spiro atoms. The number of rotatable bonds is 4. The van der Waals surface area contributed by atoms with E-state index in [9.17, 15) is 52.7 Å². The van der Waals surface area contributed by atoms with Crippen LogP contribution in [0.4, 0.5) is 70.2 Å². The first kappa shape index (κ1) is 30.3. The molecule has 0 heterocycles. The summed E-state index contributed by atoms with van der Waals surface area (Å²) in [4.78, 5) is 0. The van der Waals surface area contributed by atoms with Crippen molar-refractivity contribution in [3.8, 4) is 0 Å². The van der Waals surface area contributed by atoms with Crippen LogP contribution < -0.4 is 17.7 Å². The normalized spacial score (nSPS) is 11.9. The van der Waals surface area contributed by atoms with Crippen LogP contribution in [0.25, 0.3) is 0 Å². The second-order valence-corrected chi connectivity index (χ2v) is 12.6. The Morgan fingerprint density at radius 2 is 0.415 bits per heavy atom. The van der Waals surface area contributed by atoms with Gasteiger partial charge in [0.1, 0.15) is 23.3 Å². The minimum absolute atomic E-state index is 0.575. The molecule has 0 nitrogen and oxygen atoms in total. The standard InChI is InChI=1S/4C6HF4.Al/c4*7-3-1-2-4(8)6(10)5(3)9;/h4*1H;/q;;;;-1. The zero-order chi connectivity index (χ0) is 30.9. The maximum atomic E-state index is 15.3. The van der Waals surface area contributed by atoms with E-state index in [0.29, 0.717) is 0 Å². The molecule has 0 atom stereocenters. The quantitative estimate of drug-likeness (QED) is 0.126. The van der Waals surface area contributed by atoms with Crippen molar-refractivity contribution in [3.63, 3.8) is 0 Å². The van der Waals surface area contributed by atoms with Crippen LogP contribution >= 0.6 is 0 Å². The minimum Gasteiger partial charge on any atom is -0.208 e. The molecule has 0 unspecified atom stereocenters. The van der Waals surface area contributed by atoms with Gasteiger partial charge in [-0.2, -0.15) is 17.7 Å². The molecular formula is C24H4AlF16-. The summed E-state index contributed by atoms with van der Waals surface area (Å²) in [5.41, 5.74) is 0. The highest BCUT2D eigenvalue weighted by Gasteiger charge is 2.48. The Balaban J connectivity index is 2.51. The molecule has 0 aliphatic carbocycles. The van der Waals surface area contributed by atoms with Crippen LogP contribution in [-0.2, 0) is 0 Å². The van der Waals surface area contributed by atoms with Crippen molar-refractivity contribution in [1.29, 1.82) is 0 Å². The third-order valence-electron chi connectivity index (χ3n) is 6.39. The van der Waals surface area contributed by atoms with E-state index in [-0.39, 0.29) is 0 Å². The first-order chi connectivity index (χ1) is 19.0. The van der Waals surface area contributed by atoms with Gasteiger partial charge in [-0.1, -0.05) is 24.3 Å². The molecule has 0 saturated heterocycles. The highest BCUT2D eigenvalue weighted by molar-refractivity contribution is 7.20. The minimum atomic E-state index is -7.38. The molecule has 0 aromatic heterocycles. The van der Waals surface area contributed by atoms with Crippen molar-refractivity contribution in [2.24, 2.45) is 0 Å². The number of halogens is 16. The Morgan fingerprint density at radius 3 is 0.585 bits per heavy atom. The van der Waals surface area contributed by atoms with Crippen LogP contribution in [0, 0.1) is 93.1 Å². The lowest BCUT2D eigenvalue weighted by Gasteiger charge is -2.41. The van der Waals surface area contributed by atoms with Crippen molar-refractivity contribution < 1.29 is 70.2 Å². The van der Waals surface area contributed by atoms with E-state index in [1.165, 1.54) is 0 Å². The number of benzene rings is 4. The molecule has 0 aliphatic heterocycles. The van der Waals surface area contributed by atoms with E-state index >= 15 is 17.6 Å². The van der Waals surface area contributed by atoms with Crippen LogP contribution in [0.3, 0.4) is 0 Å². The first-order valence-corrected chi connectivity index (χ1v) is 12.8. The molecule has 0 radical (unpaired) electrons. The Bertz CT molecular complexity index is 1510. The lowest BCUT2D eigenvalue weighted by molar-refractivity contribution is 0.408. The smallest absolute Gasteiger partial charge is 0.208 e. The van der Waals surface area contributed by atoms with E-state index < -0.39 is 148 Å². The van der Waals surface area contributed by atoms with Gasteiger partial charge in [0, 0.05) is 0 Å². The lowest BCUT2D eigenvalue weighted by Crippen LogP contribution is -2.78. The lowest BCUT2D eigenvalue weighted by atomic mass is 10.3. The second-order valence-electron chi connectivity index (χ2n) is 8.42. The number of hydrogen-bond donors (Lipinski definition) is 0. The zero-order valence-electron chi connectivity index (χ0n) is 18.9. The molecule has 4 aromatic carbocycles. The largest absolute Gasteiger partial charge is 0.283 e. The van der Waals surface area contributed by atoms with Crippen LogP contribution in [0.5, 0.6) is 0 Å². The zero-order valence-corrected chi connectivity index (χ0v) is 20.1. The van der Waals surface area contributed by atoms with E-state index in [4.69, 9.17) is 0 Å². The molecule has 216 valence electrons. The van der Waals surface area contributed by atoms with Gasteiger partial charge in [-0.05, 0) is 0 Å². The summed E-state index contributed by atoms with van der Waals surface area (Å²) in [6.07, 6.45) is 0. The summed E-state index contributed by atoms with van der Waals surface area (Å²) >= 11 is -7.38. The van der Waals surface area contributed by atoms with Crippen molar-refractivity contribution in [2.45, 2.75) is 0 Å². The molecule has 0 bridgehead atoms. The summed E-state index contributed by atoms with van der Waals surface area (Å²) in [6.45, 7) is 0. The Labute approximate surface area is 218 Å². The first-order valence-electron chi connectivity index (χ1n) is 10.5. The molecule has 0 saturated carbocycles. The van der Waals surface area contributed by atoms with Gasteiger partial charge in [-0.25, -0.2) is 70.2 Å². The van der Waals surface area contributed by atoms with Gasteiger partial charge in [0.05, 0.1) is 0 Å². The Kier molecular flexibility index (Phi) is 7.59. The Hall–Kier alpha value is -3.71. The van der Waals surface area contributed by atoms with Crippen LogP contribution in [0.1, 0.15) is 0 Å². The summed E-state index contributed by atoms with van der Waals surface area (Å²) in [6, 6.07) is -2.30. The average molecular weight is 623 g/mol. The summed E-state index contributed by atoms with van der Waals surface area (Å²) in [5.74, 6) is -43.8. The van der Waals surface area contributed by atoms with Crippen molar-refractivity contribution in [2.75, 3.05) is 0 Å². The summed E-state index contributed by atoms with van der Waals surface area (Å²) in [7, 11) is 0. The topological polar surface area (TPSA) is 0 Å². The summed E-state index contributed by atoms with van der Waals surface area (Å²) < 4.78 is 223. The van der Waals surface area contributed by atoms with E-state index in [0.717, 1.165) is 0 Å². The average Bonchev–Trinajstić information content (AvgIpc) is 2.94. The molecular weight excluding hydrogens is 619 g/mol. The number of hydrogen-bond acceptors (Lipinski definition) is 0. The molecule has 17 heteroatoms. The molecule has 0 N–H and O–H groups in total. The second kappa shape index (κ2) is 10.3. The molecule has 41 heavy (non-hydrogen) atoms. The van der Waals surface area contributed by atoms with E-state index in [1.807, 2.05) is 0 Å². The van der Waals surface area contributed by atoms with E-state index in [2.05, 4.69) is 0 Å². The highest BCUT2D eigenvalue weighted by Crippen LogP contribution is 2.26. The monoisotopic (exact) mass is 623 g/mol. The van der Waals surface area contributed by atoms with Gasteiger partial charge in [0.2, 0.25) is 0 Å². The fourth-order valence-electron chi connectivity index (χ4n) is 4.63. The maximum Gasteiger partial charge on any atom is 0.283 e. The van der Waals surface area contributed by atoms with E-state index in [1.54, 1.807) is 0 Å². The summed E-state index contributed by atoms with van der Waals surface area (Å²) in [5, 5.41) is 0. The van der Waals surface area contributed by atoms with Crippen molar-refractivity contribution in [1.82, 2.24) is 0 Å².